The Morgan fingerprint density at radius 3 is 2.31 bits per heavy atom. The summed E-state index contributed by atoms with van der Waals surface area (Å²) in [4.78, 5) is 31.6. The minimum atomic E-state index is -0.938. The molecule has 0 unspecified atom stereocenters. The number of nitrogens with zero attached hydrogens (tertiary/aromatic N) is 4. The standard InChI is InChI=1S/C25H23N5O2/c1-4-30(5-2)18-13-15(25(31)32)12-14(3)19(18)24-28-22-16-8-6-10-26-20(16)21-17(23(22)29-24)9-7-11-27-21/h6-13H,4-5H2,1-3H3,(H,28,29)(H,31,32). The van der Waals surface area contributed by atoms with Crippen LogP contribution in [0.3, 0.4) is 0 Å². The number of carbonyl (C=O) groups is 1. The van der Waals surface area contributed by atoms with Gasteiger partial charge in [0.2, 0.25) is 0 Å². The van der Waals surface area contributed by atoms with Crippen LogP contribution in [-0.2, 0) is 0 Å². The van der Waals surface area contributed by atoms with Crippen molar-refractivity contribution >= 4 is 44.5 Å². The lowest BCUT2D eigenvalue weighted by Gasteiger charge is -2.25. The van der Waals surface area contributed by atoms with Crippen molar-refractivity contribution in [3.05, 3.63) is 59.9 Å². The lowest BCUT2D eigenvalue weighted by Crippen LogP contribution is -2.23. The minimum absolute atomic E-state index is 0.272. The van der Waals surface area contributed by atoms with Crippen molar-refractivity contribution in [2.75, 3.05) is 18.0 Å². The zero-order chi connectivity index (χ0) is 22.4. The Hall–Kier alpha value is -4.00. The van der Waals surface area contributed by atoms with Crippen LogP contribution in [0.1, 0.15) is 29.8 Å². The van der Waals surface area contributed by atoms with Gasteiger partial charge in [0.15, 0.2) is 0 Å². The first-order valence-corrected chi connectivity index (χ1v) is 10.7. The van der Waals surface area contributed by atoms with Crippen LogP contribution in [0.5, 0.6) is 0 Å². The number of hydrogen-bond acceptors (Lipinski definition) is 5. The maximum Gasteiger partial charge on any atom is 0.335 e. The summed E-state index contributed by atoms with van der Waals surface area (Å²) in [7, 11) is 0. The smallest absolute Gasteiger partial charge is 0.335 e. The average Bonchev–Trinajstić information content (AvgIpc) is 3.25. The highest BCUT2D eigenvalue weighted by atomic mass is 16.4. The number of aromatic nitrogens is 4. The fraction of sp³-hybridized carbons (Fsp3) is 0.200. The van der Waals surface area contributed by atoms with E-state index in [1.165, 1.54) is 0 Å². The third-order valence-corrected chi connectivity index (χ3v) is 5.97. The number of aryl methyl sites for hydroxylation is 1. The van der Waals surface area contributed by atoms with Gasteiger partial charge in [-0.3, -0.25) is 9.97 Å². The van der Waals surface area contributed by atoms with Gasteiger partial charge in [-0.25, -0.2) is 9.78 Å². The Kier molecular flexibility index (Phi) is 4.74. The van der Waals surface area contributed by atoms with Crippen molar-refractivity contribution in [2.45, 2.75) is 20.8 Å². The number of benzene rings is 2. The van der Waals surface area contributed by atoms with Crippen molar-refractivity contribution < 1.29 is 9.90 Å². The topological polar surface area (TPSA) is 95.0 Å². The zero-order valence-corrected chi connectivity index (χ0v) is 18.2. The molecule has 3 aromatic heterocycles. The summed E-state index contributed by atoms with van der Waals surface area (Å²) in [6, 6.07) is 11.3. The summed E-state index contributed by atoms with van der Waals surface area (Å²) in [5.41, 5.74) is 6.26. The highest BCUT2D eigenvalue weighted by Gasteiger charge is 2.21. The number of carboxylic acid groups (broad SMARTS) is 1. The molecule has 5 rings (SSSR count). The van der Waals surface area contributed by atoms with E-state index in [0.29, 0.717) is 5.82 Å². The normalized spacial score (nSPS) is 11.5. The Bertz CT molecular complexity index is 1430. The molecule has 2 aromatic carbocycles. The molecule has 0 spiro atoms. The number of aromatic amines is 1. The number of pyridine rings is 2. The van der Waals surface area contributed by atoms with Gasteiger partial charge in [-0.05, 0) is 62.7 Å². The molecule has 0 amide bonds. The highest BCUT2D eigenvalue weighted by molar-refractivity contribution is 6.21. The van der Waals surface area contributed by atoms with Gasteiger partial charge in [0.1, 0.15) is 5.82 Å². The number of carboxylic acids is 1. The van der Waals surface area contributed by atoms with E-state index >= 15 is 0 Å². The van der Waals surface area contributed by atoms with Crippen molar-refractivity contribution in [3.63, 3.8) is 0 Å². The lowest BCUT2D eigenvalue weighted by atomic mass is 10.0. The Balaban J connectivity index is 1.88. The molecule has 0 saturated carbocycles. The lowest BCUT2D eigenvalue weighted by molar-refractivity contribution is 0.0697. The molecule has 0 fully saturated rings. The second-order valence-electron chi connectivity index (χ2n) is 7.77. The van der Waals surface area contributed by atoms with Gasteiger partial charge in [0.25, 0.3) is 0 Å². The van der Waals surface area contributed by atoms with Crippen LogP contribution in [0.25, 0.3) is 44.2 Å². The molecule has 7 heteroatoms. The molecule has 0 aliphatic carbocycles. The van der Waals surface area contributed by atoms with E-state index in [-0.39, 0.29) is 5.56 Å². The van der Waals surface area contributed by atoms with Crippen LogP contribution in [0.2, 0.25) is 0 Å². The number of fused-ring (bicyclic) bond motifs is 6. The Morgan fingerprint density at radius 2 is 1.66 bits per heavy atom. The van der Waals surface area contributed by atoms with E-state index in [9.17, 15) is 9.90 Å². The second kappa shape index (κ2) is 7.60. The predicted octanol–water partition coefficient (Wildman–Crippen LogP) is 5.18. The van der Waals surface area contributed by atoms with E-state index in [4.69, 9.17) is 4.98 Å². The molecular formula is C25H23N5O2. The maximum absolute atomic E-state index is 11.7. The van der Waals surface area contributed by atoms with Crippen LogP contribution in [0.4, 0.5) is 5.69 Å². The van der Waals surface area contributed by atoms with Crippen molar-refractivity contribution in [2.24, 2.45) is 0 Å². The van der Waals surface area contributed by atoms with Crippen LogP contribution in [-0.4, -0.2) is 44.1 Å². The van der Waals surface area contributed by atoms with Gasteiger partial charge in [0.05, 0.1) is 27.6 Å². The number of nitrogens with one attached hydrogen (secondary N) is 1. The molecule has 0 aliphatic heterocycles. The van der Waals surface area contributed by atoms with Crippen molar-refractivity contribution in [3.8, 4) is 11.4 Å². The number of anilines is 1. The highest BCUT2D eigenvalue weighted by Crippen LogP contribution is 2.38. The molecular weight excluding hydrogens is 402 g/mol. The number of rotatable bonds is 5. The Morgan fingerprint density at radius 1 is 1.00 bits per heavy atom. The maximum atomic E-state index is 11.7. The van der Waals surface area contributed by atoms with Gasteiger partial charge >= 0.3 is 5.97 Å². The quantitative estimate of drug-likeness (QED) is 0.377. The summed E-state index contributed by atoms with van der Waals surface area (Å²) in [6.45, 7) is 7.57. The van der Waals surface area contributed by atoms with Gasteiger partial charge in [-0.1, -0.05) is 0 Å². The molecule has 2 N–H and O–H groups in total. The van der Waals surface area contributed by atoms with E-state index < -0.39 is 5.97 Å². The third-order valence-electron chi connectivity index (χ3n) is 5.97. The third kappa shape index (κ3) is 2.97. The molecule has 0 saturated heterocycles. The number of aromatic carboxylic acids is 1. The van der Waals surface area contributed by atoms with Crippen molar-refractivity contribution in [1.29, 1.82) is 0 Å². The first kappa shape index (κ1) is 19.9. The fourth-order valence-corrected chi connectivity index (χ4v) is 4.48. The van der Waals surface area contributed by atoms with E-state index in [1.807, 2.05) is 31.2 Å². The van der Waals surface area contributed by atoms with Gasteiger partial charge in [-0.15, -0.1) is 0 Å². The summed E-state index contributed by atoms with van der Waals surface area (Å²) in [5.74, 6) is -0.232. The number of hydrogen-bond donors (Lipinski definition) is 2. The molecule has 0 radical (unpaired) electrons. The van der Waals surface area contributed by atoms with E-state index in [1.54, 1.807) is 24.5 Å². The molecule has 0 atom stereocenters. The monoisotopic (exact) mass is 425 g/mol. The molecule has 3 heterocycles. The van der Waals surface area contributed by atoms with Gasteiger partial charge in [0, 0.05) is 47.5 Å². The molecule has 0 bridgehead atoms. The fourth-order valence-electron chi connectivity index (χ4n) is 4.48. The molecule has 0 aliphatic rings. The van der Waals surface area contributed by atoms with E-state index in [0.717, 1.165) is 62.7 Å². The summed E-state index contributed by atoms with van der Waals surface area (Å²) in [6.07, 6.45) is 3.54. The predicted molar refractivity (Wildman–Crippen MR) is 127 cm³/mol. The first-order chi connectivity index (χ1) is 15.5. The van der Waals surface area contributed by atoms with Gasteiger partial charge < -0.3 is 15.0 Å². The largest absolute Gasteiger partial charge is 0.478 e. The molecule has 32 heavy (non-hydrogen) atoms. The average molecular weight is 425 g/mol. The summed E-state index contributed by atoms with van der Waals surface area (Å²) >= 11 is 0. The van der Waals surface area contributed by atoms with E-state index in [2.05, 4.69) is 33.7 Å². The molecule has 160 valence electrons. The molecule has 7 nitrogen and oxygen atoms in total. The molecule has 5 aromatic rings. The second-order valence-corrected chi connectivity index (χ2v) is 7.77. The number of H-pyrrole nitrogens is 1. The number of imidazole rings is 1. The summed E-state index contributed by atoms with van der Waals surface area (Å²) in [5, 5.41) is 11.5. The van der Waals surface area contributed by atoms with Gasteiger partial charge in [-0.2, -0.15) is 0 Å². The summed E-state index contributed by atoms with van der Waals surface area (Å²) < 4.78 is 0. The van der Waals surface area contributed by atoms with Crippen LogP contribution < -0.4 is 4.90 Å². The zero-order valence-electron chi connectivity index (χ0n) is 18.2. The van der Waals surface area contributed by atoms with Crippen LogP contribution >= 0.6 is 0 Å². The SMILES string of the molecule is CCN(CC)c1cc(C(=O)O)cc(C)c1-c1nc2c3cccnc3c3ncccc3c2[nH]1. The Labute approximate surface area is 184 Å². The first-order valence-electron chi connectivity index (χ1n) is 10.7. The van der Waals surface area contributed by atoms with Crippen LogP contribution in [0, 0.1) is 6.92 Å². The minimum Gasteiger partial charge on any atom is -0.478 e. The van der Waals surface area contributed by atoms with Crippen LogP contribution in [0.15, 0.2) is 48.8 Å². The van der Waals surface area contributed by atoms with Crippen molar-refractivity contribution in [1.82, 2.24) is 19.9 Å².